The molecule has 29 heavy (non-hydrogen) atoms. The van der Waals surface area contributed by atoms with Gasteiger partial charge in [0.05, 0.1) is 29.5 Å². The maximum Gasteiger partial charge on any atom is 0.674 e. The molecule has 148 valence electrons. The molecule has 0 aromatic carbocycles. The van der Waals surface area contributed by atoms with Gasteiger partial charge in [-0.1, -0.05) is 30.4 Å². The summed E-state index contributed by atoms with van der Waals surface area (Å²) in [5.41, 5.74) is 3.39. The number of ether oxygens (including phenoxy) is 1. The summed E-state index contributed by atoms with van der Waals surface area (Å²) in [5, 5.41) is 2.01. The van der Waals surface area contributed by atoms with Crippen molar-refractivity contribution in [3.8, 4) is 10.6 Å². The van der Waals surface area contributed by atoms with Crippen molar-refractivity contribution in [1.29, 1.82) is 0 Å². The van der Waals surface area contributed by atoms with Crippen LogP contribution in [0.1, 0.15) is 18.5 Å². The van der Waals surface area contributed by atoms with Gasteiger partial charge >= 0.3 is 7.40 Å². The van der Waals surface area contributed by atoms with Crippen molar-refractivity contribution in [2.45, 2.75) is 18.9 Å². The van der Waals surface area contributed by atoms with Gasteiger partial charge in [0, 0.05) is 17.8 Å². The Morgan fingerprint density at radius 3 is 2.83 bits per heavy atom. The lowest BCUT2D eigenvalue weighted by molar-refractivity contribution is 0.276. The third-order valence-corrected chi connectivity index (χ3v) is 5.91. The van der Waals surface area contributed by atoms with Crippen LogP contribution in [0, 0.1) is 0 Å². The molecule has 2 aliphatic rings. The van der Waals surface area contributed by atoms with E-state index in [0.717, 1.165) is 45.2 Å². The van der Waals surface area contributed by atoms with E-state index >= 15 is 0 Å². The second-order valence-electron chi connectivity index (χ2n) is 6.85. The fraction of sp³-hybridized carbons (Fsp3) is 0.182. The van der Waals surface area contributed by atoms with Crippen LogP contribution in [0.25, 0.3) is 16.6 Å². The minimum absolute atomic E-state index is 0.471. The van der Waals surface area contributed by atoms with Gasteiger partial charge in [0.2, 0.25) is 0 Å². The number of thiophene rings is 1. The molecule has 0 fully saturated rings. The fourth-order valence-corrected chi connectivity index (χ4v) is 4.17. The first-order chi connectivity index (χ1) is 14.1. The molecule has 1 unspecified atom stereocenters. The van der Waals surface area contributed by atoms with E-state index in [2.05, 4.69) is 4.98 Å². The van der Waals surface area contributed by atoms with Crippen LogP contribution in [0.2, 0.25) is 0 Å². The first kappa shape index (κ1) is 19.5. The summed E-state index contributed by atoms with van der Waals surface area (Å²) in [6.45, 7) is 0. The molecule has 3 nitrogen and oxygen atoms in total. The van der Waals surface area contributed by atoms with Gasteiger partial charge in [-0.3, -0.25) is 8.63 Å². The molecule has 2 aromatic rings. The van der Waals surface area contributed by atoms with Crippen molar-refractivity contribution in [3.05, 3.63) is 88.8 Å². The first-order valence-corrected chi connectivity index (χ1v) is 10.3. The van der Waals surface area contributed by atoms with Gasteiger partial charge in [0.25, 0.3) is 0 Å². The number of nitrogens with one attached hydrogen (secondary N) is 1. The van der Waals surface area contributed by atoms with Crippen LogP contribution in [-0.4, -0.2) is 30.3 Å². The number of hydrogen-bond acceptors (Lipinski definition) is 3. The number of rotatable bonds is 6. The Bertz CT molecular complexity index is 1000. The van der Waals surface area contributed by atoms with E-state index in [0.29, 0.717) is 5.70 Å². The van der Waals surface area contributed by atoms with Crippen LogP contribution in [0.5, 0.6) is 0 Å². The standard InChI is InChI=1S/C22H21BF2N2OS/c1-28-20-11-5-16(6-12-20)4-8-18-9-10-19(27(18)23(24)25)15-17-7-13-21(26-17)22-3-2-14-29-22/h2-5,7-11,13-15,18,26H,6,12H2,1H3/b8-4+,19-15-. The molecule has 0 amide bonds. The Labute approximate surface area is 173 Å². The lowest BCUT2D eigenvalue weighted by Crippen LogP contribution is -2.35. The zero-order chi connectivity index (χ0) is 20.2. The van der Waals surface area contributed by atoms with E-state index in [1.807, 2.05) is 53.9 Å². The van der Waals surface area contributed by atoms with Gasteiger partial charge in [0.15, 0.2) is 0 Å². The molecule has 0 bridgehead atoms. The quantitative estimate of drug-likeness (QED) is 0.587. The molecule has 7 heteroatoms. The summed E-state index contributed by atoms with van der Waals surface area (Å²) in [6.07, 6.45) is 14.7. The predicted molar refractivity (Wildman–Crippen MR) is 116 cm³/mol. The molecule has 0 radical (unpaired) electrons. The van der Waals surface area contributed by atoms with Gasteiger partial charge in [-0.2, -0.15) is 0 Å². The fourth-order valence-electron chi connectivity index (χ4n) is 3.47. The van der Waals surface area contributed by atoms with Gasteiger partial charge in [-0.25, -0.2) is 0 Å². The zero-order valence-electron chi connectivity index (χ0n) is 16.0. The van der Waals surface area contributed by atoms with Gasteiger partial charge in [0.1, 0.15) is 0 Å². The average molecular weight is 410 g/mol. The Morgan fingerprint density at radius 1 is 1.24 bits per heavy atom. The van der Waals surface area contributed by atoms with E-state index < -0.39 is 13.4 Å². The Morgan fingerprint density at radius 2 is 2.14 bits per heavy atom. The summed E-state index contributed by atoms with van der Waals surface area (Å²) in [6, 6.07) is 7.43. The van der Waals surface area contributed by atoms with Crippen LogP contribution in [-0.2, 0) is 4.74 Å². The van der Waals surface area contributed by atoms with Crippen molar-refractivity contribution >= 4 is 24.8 Å². The number of allylic oxidation sites excluding steroid dienone is 6. The number of halogens is 2. The summed E-state index contributed by atoms with van der Waals surface area (Å²) >= 11 is 1.64. The maximum absolute atomic E-state index is 13.8. The number of aromatic nitrogens is 1. The molecule has 0 saturated carbocycles. The Hall–Kier alpha value is -2.80. The Balaban J connectivity index is 1.50. The molecule has 0 spiro atoms. The van der Waals surface area contributed by atoms with Crippen molar-refractivity contribution in [3.63, 3.8) is 0 Å². The highest BCUT2D eigenvalue weighted by Gasteiger charge is 2.34. The third kappa shape index (κ3) is 4.45. The molecular formula is C22H21BF2N2OS. The largest absolute Gasteiger partial charge is 0.674 e. The third-order valence-electron chi connectivity index (χ3n) is 5.01. The summed E-state index contributed by atoms with van der Waals surface area (Å²) in [5.74, 6) is 0.940. The van der Waals surface area contributed by atoms with Gasteiger partial charge < -0.3 is 14.5 Å². The van der Waals surface area contributed by atoms with Crippen molar-refractivity contribution in [2.75, 3.05) is 7.11 Å². The maximum atomic E-state index is 13.8. The first-order valence-electron chi connectivity index (χ1n) is 9.45. The SMILES string of the molecule is COC1=CC=C(/C=C/C2C=C/C(=C/c3ccc(-c4cccs4)[nH]3)N2B(F)F)CC1. The van der Waals surface area contributed by atoms with Gasteiger partial charge in [-0.15, -0.1) is 11.3 Å². The normalized spacial score (nSPS) is 20.4. The Kier molecular flexibility index (Phi) is 5.85. The number of aromatic amines is 1. The molecule has 3 heterocycles. The average Bonchev–Trinajstić information content (AvgIpc) is 3.47. The highest BCUT2D eigenvalue weighted by Crippen LogP contribution is 2.29. The zero-order valence-corrected chi connectivity index (χ0v) is 16.8. The van der Waals surface area contributed by atoms with E-state index in [-0.39, 0.29) is 0 Å². The molecule has 2 aromatic heterocycles. The highest BCUT2D eigenvalue weighted by atomic mass is 32.1. The molecular weight excluding hydrogens is 389 g/mol. The van der Waals surface area contributed by atoms with Crippen LogP contribution >= 0.6 is 11.3 Å². The lowest BCUT2D eigenvalue weighted by Gasteiger charge is -2.23. The van der Waals surface area contributed by atoms with E-state index in [1.54, 1.807) is 36.7 Å². The lowest BCUT2D eigenvalue weighted by atomic mass is 10.0. The second kappa shape index (κ2) is 8.70. The van der Waals surface area contributed by atoms with E-state index in [4.69, 9.17) is 4.74 Å². The smallest absolute Gasteiger partial charge is 0.501 e. The highest BCUT2D eigenvalue weighted by molar-refractivity contribution is 7.13. The summed E-state index contributed by atoms with van der Waals surface area (Å²) in [7, 11) is -0.927. The van der Waals surface area contributed by atoms with Crippen LogP contribution in [0.15, 0.2) is 83.1 Å². The molecule has 1 N–H and O–H groups in total. The van der Waals surface area contributed by atoms with E-state index in [9.17, 15) is 8.63 Å². The second-order valence-corrected chi connectivity index (χ2v) is 7.79. The monoisotopic (exact) mass is 410 g/mol. The van der Waals surface area contributed by atoms with Crippen LogP contribution < -0.4 is 0 Å². The molecule has 0 saturated heterocycles. The number of H-pyrrole nitrogens is 1. The minimum atomic E-state index is -2.59. The van der Waals surface area contributed by atoms with Crippen molar-refractivity contribution in [1.82, 2.24) is 9.79 Å². The molecule has 1 atom stereocenters. The molecule has 1 aliphatic carbocycles. The molecule has 4 rings (SSSR count). The molecule has 1 aliphatic heterocycles. The number of nitrogens with zero attached hydrogens (tertiary/aromatic N) is 1. The van der Waals surface area contributed by atoms with Crippen LogP contribution in [0.4, 0.5) is 8.63 Å². The van der Waals surface area contributed by atoms with E-state index in [1.165, 1.54) is 0 Å². The summed E-state index contributed by atoms with van der Waals surface area (Å²) < 4.78 is 32.8. The minimum Gasteiger partial charge on any atom is -0.501 e. The number of methoxy groups -OCH3 is 1. The van der Waals surface area contributed by atoms with Crippen LogP contribution in [0.3, 0.4) is 0 Å². The van der Waals surface area contributed by atoms with Gasteiger partial charge in [-0.05, 0) is 53.8 Å². The number of hydrogen-bond donors (Lipinski definition) is 1. The topological polar surface area (TPSA) is 28.3 Å². The predicted octanol–water partition coefficient (Wildman–Crippen LogP) is 6.06. The summed E-state index contributed by atoms with van der Waals surface area (Å²) in [4.78, 5) is 5.54. The van der Waals surface area contributed by atoms with Crippen molar-refractivity contribution < 1.29 is 13.4 Å². The van der Waals surface area contributed by atoms with Crippen molar-refractivity contribution in [2.24, 2.45) is 0 Å².